The van der Waals surface area contributed by atoms with Gasteiger partial charge in [0.2, 0.25) is 0 Å². The number of hydrogen-bond donors (Lipinski definition) is 4. The van der Waals surface area contributed by atoms with Crippen molar-refractivity contribution in [3.8, 4) is 0 Å². The van der Waals surface area contributed by atoms with Gasteiger partial charge in [0.1, 0.15) is 6.04 Å². The second-order valence-electron chi connectivity index (χ2n) is 4.91. The number of amides is 2. The van der Waals surface area contributed by atoms with Crippen LogP contribution in [0.3, 0.4) is 0 Å². The molecule has 1 rings (SSSR count). The van der Waals surface area contributed by atoms with Crippen LogP contribution in [0.1, 0.15) is 32.1 Å². The van der Waals surface area contributed by atoms with Gasteiger partial charge in [-0.05, 0) is 19.1 Å². The van der Waals surface area contributed by atoms with Crippen molar-refractivity contribution in [2.24, 2.45) is 0 Å². The van der Waals surface area contributed by atoms with E-state index in [1.807, 2.05) is 6.26 Å². The Labute approximate surface area is 121 Å². The van der Waals surface area contributed by atoms with Crippen LogP contribution in [-0.2, 0) is 9.59 Å². The maximum Gasteiger partial charge on any atom is 0.326 e. The van der Waals surface area contributed by atoms with E-state index in [4.69, 9.17) is 10.2 Å². The molecular formula is C12H20N2O5S. The first-order chi connectivity index (χ1) is 9.38. The highest BCUT2D eigenvalue weighted by Gasteiger charge is 2.33. The Hall–Kier alpha value is -1.44. The standard InChI is InChI=1S/C12H20N2O5S/c1-20-12(4-2-3-5-12)7-13-11(19)14-8(10(17)18)6-9(15)16/h8H,2-7H2,1H3,(H,15,16)(H,17,18)(H2,13,14,19). The van der Waals surface area contributed by atoms with E-state index in [1.165, 1.54) is 0 Å². The number of rotatable bonds is 7. The zero-order chi connectivity index (χ0) is 15.2. The van der Waals surface area contributed by atoms with Crippen molar-refractivity contribution in [2.45, 2.75) is 42.9 Å². The Kier molecular flexibility index (Phi) is 6.12. The SMILES string of the molecule is CSC1(CNC(=O)NC(CC(=O)O)C(=O)O)CCCC1. The summed E-state index contributed by atoms with van der Waals surface area (Å²) in [6.45, 7) is 0.458. The molecule has 2 amide bonds. The third kappa shape index (κ3) is 4.92. The van der Waals surface area contributed by atoms with E-state index < -0.39 is 30.4 Å². The zero-order valence-corrected chi connectivity index (χ0v) is 12.2. The summed E-state index contributed by atoms with van der Waals surface area (Å²) in [6.07, 6.45) is 5.64. The topological polar surface area (TPSA) is 116 Å². The summed E-state index contributed by atoms with van der Waals surface area (Å²) >= 11 is 1.70. The molecule has 7 nitrogen and oxygen atoms in total. The van der Waals surface area contributed by atoms with Crippen LogP contribution in [-0.4, -0.2) is 51.8 Å². The molecule has 20 heavy (non-hydrogen) atoms. The normalized spacial score (nSPS) is 18.2. The van der Waals surface area contributed by atoms with Gasteiger partial charge >= 0.3 is 18.0 Å². The molecule has 1 fully saturated rings. The minimum atomic E-state index is -1.42. The summed E-state index contributed by atoms with van der Waals surface area (Å²) in [5.41, 5.74) is 0. The second kappa shape index (κ2) is 7.37. The molecule has 0 aromatic rings. The molecule has 0 spiro atoms. The third-order valence-corrected chi connectivity index (χ3v) is 4.92. The second-order valence-corrected chi connectivity index (χ2v) is 6.18. The van der Waals surface area contributed by atoms with Crippen LogP contribution < -0.4 is 10.6 Å². The van der Waals surface area contributed by atoms with Crippen LogP contribution in [0.15, 0.2) is 0 Å². The van der Waals surface area contributed by atoms with Gasteiger partial charge in [-0.3, -0.25) is 4.79 Å². The molecule has 0 bridgehead atoms. The molecule has 8 heteroatoms. The molecular weight excluding hydrogens is 284 g/mol. The lowest BCUT2D eigenvalue weighted by Crippen LogP contribution is -2.49. The Morgan fingerprint density at radius 2 is 1.85 bits per heavy atom. The fraction of sp³-hybridized carbons (Fsp3) is 0.750. The predicted molar refractivity (Wildman–Crippen MR) is 74.9 cm³/mol. The Morgan fingerprint density at radius 3 is 2.30 bits per heavy atom. The molecule has 1 aliphatic carbocycles. The number of urea groups is 1. The number of carboxylic acid groups (broad SMARTS) is 2. The van der Waals surface area contributed by atoms with E-state index in [-0.39, 0.29) is 4.75 Å². The van der Waals surface area contributed by atoms with Crippen molar-refractivity contribution in [1.82, 2.24) is 10.6 Å². The van der Waals surface area contributed by atoms with Gasteiger partial charge in [0.25, 0.3) is 0 Å². The Morgan fingerprint density at radius 1 is 1.25 bits per heavy atom. The van der Waals surface area contributed by atoms with Crippen LogP contribution in [0.4, 0.5) is 4.79 Å². The molecule has 0 aromatic heterocycles. The van der Waals surface area contributed by atoms with Gasteiger partial charge in [0.05, 0.1) is 6.42 Å². The smallest absolute Gasteiger partial charge is 0.326 e. The average molecular weight is 304 g/mol. The highest BCUT2D eigenvalue weighted by molar-refractivity contribution is 8.00. The third-order valence-electron chi connectivity index (χ3n) is 3.50. The lowest BCUT2D eigenvalue weighted by atomic mass is 10.1. The van der Waals surface area contributed by atoms with Crippen molar-refractivity contribution in [3.05, 3.63) is 0 Å². The van der Waals surface area contributed by atoms with E-state index in [0.29, 0.717) is 6.54 Å². The van der Waals surface area contributed by atoms with Crippen molar-refractivity contribution in [1.29, 1.82) is 0 Å². The number of carboxylic acids is 2. The fourth-order valence-corrected chi connectivity index (χ4v) is 3.21. The molecule has 1 unspecified atom stereocenters. The molecule has 1 aliphatic rings. The lowest BCUT2D eigenvalue weighted by molar-refractivity contribution is -0.145. The first-order valence-electron chi connectivity index (χ1n) is 6.43. The van der Waals surface area contributed by atoms with Crippen LogP contribution in [0.2, 0.25) is 0 Å². The number of thioether (sulfide) groups is 1. The van der Waals surface area contributed by atoms with Gasteiger partial charge in [-0.25, -0.2) is 9.59 Å². The molecule has 1 atom stereocenters. The minimum absolute atomic E-state index is 0.0167. The summed E-state index contributed by atoms with van der Waals surface area (Å²) < 4.78 is 0.0167. The summed E-state index contributed by atoms with van der Waals surface area (Å²) in [7, 11) is 0. The summed E-state index contributed by atoms with van der Waals surface area (Å²) in [5, 5.41) is 22.2. The number of carbonyl (C=O) groups excluding carboxylic acids is 1. The lowest BCUT2D eigenvalue weighted by Gasteiger charge is -2.27. The van der Waals surface area contributed by atoms with Gasteiger partial charge in [-0.15, -0.1) is 0 Å². The number of carbonyl (C=O) groups is 3. The van der Waals surface area contributed by atoms with Crippen LogP contribution in [0, 0.1) is 0 Å². The molecule has 1 saturated carbocycles. The first kappa shape index (κ1) is 16.6. The van der Waals surface area contributed by atoms with E-state index >= 15 is 0 Å². The number of hydrogen-bond acceptors (Lipinski definition) is 4. The molecule has 0 heterocycles. The van der Waals surface area contributed by atoms with Crippen molar-refractivity contribution in [3.63, 3.8) is 0 Å². The minimum Gasteiger partial charge on any atom is -0.481 e. The van der Waals surface area contributed by atoms with Gasteiger partial charge in [0, 0.05) is 11.3 Å². The quantitative estimate of drug-likeness (QED) is 0.555. The highest BCUT2D eigenvalue weighted by atomic mass is 32.2. The molecule has 0 aromatic carbocycles. The van der Waals surface area contributed by atoms with Crippen LogP contribution >= 0.6 is 11.8 Å². The fourth-order valence-electron chi connectivity index (χ4n) is 2.30. The average Bonchev–Trinajstić information content (AvgIpc) is 2.84. The van der Waals surface area contributed by atoms with E-state index in [1.54, 1.807) is 11.8 Å². The van der Waals surface area contributed by atoms with Crippen molar-refractivity contribution in [2.75, 3.05) is 12.8 Å². The monoisotopic (exact) mass is 304 g/mol. The molecule has 0 aliphatic heterocycles. The Balaban J connectivity index is 2.45. The van der Waals surface area contributed by atoms with Gasteiger partial charge in [-0.1, -0.05) is 12.8 Å². The molecule has 114 valence electrons. The van der Waals surface area contributed by atoms with Crippen molar-refractivity contribution >= 4 is 29.7 Å². The maximum absolute atomic E-state index is 11.7. The maximum atomic E-state index is 11.7. The molecule has 0 radical (unpaired) electrons. The van der Waals surface area contributed by atoms with E-state index in [0.717, 1.165) is 25.7 Å². The molecule has 4 N–H and O–H groups in total. The zero-order valence-electron chi connectivity index (χ0n) is 11.3. The first-order valence-corrected chi connectivity index (χ1v) is 7.65. The molecule has 0 saturated heterocycles. The van der Waals surface area contributed by atoms with Gasteiger partial charge < -0.3 is 20.8 Å². The summed E-state index contributed by atoms with van der Waals surface area (Å²) in [6, 6.07) is -2.06. The number of aliphatic carboxylic acids is 2. The largest absolute Gasteiger partial charge is 0.481 e. The predicted octanol–water partition coefficient (Wildman–Crippen LogP) is 0.889. The van der Waals surface area contributed by atoms with E-state index in [2.05, 4.69) is 10.6 Å². The summed E-state index contributed by atoms with van der Waals surface area (Å²) in [5.74, 6) is -2.63. The number of nitrogens with one attached hydrogen (secondary N) is 2. The van der Waals surface area contributed by atoms with Crippen LogP contribution in [0.25, 0.3) is 0 Å². The Bertz CT molecular complexity index is 382. The van der Waals surface area contributed by atoms with Crippen LogP contribution in [0.5, 0.6) is 0 Å². The van der Waals surface area contributed by atoms with Gasteiger partial charge in [-0.2, -0.15) is 11.8 Å². The van der Waals surface area contributed by atoms with Gasteiger partial charge in [0.15, 0.2) is 0 Å². The highest BCUT2D eigenvalue weighted by Crippen LogP contribution is 2.39. The summed E-state index contributed by atoms with van der Waals surface area (Å²) in [4.78, 5) is 33.0. The van der Waals surface area contributed by atoms with E-state index in [9.17, 15) is 14.4 Å². The van der Waals surface area contributed by atoms with Crippen molar-refractivity contribution < 1.29 is 24.6 Å².